The first-order valence-corrected chi connectivity index (χ1v) is 8.80. The van der Waals surface area contributed by atoms with Crippen molar-refractivity contribution in [1.29, 1.82) is 5.26 Å². The van der Waals surface area contributed by atoms with E-state index in [0.717, 1.165) is 16.3 Å². The minimum absolute atomic E-state index is 0.186. The number of methoxy groups -OCH3 is 1. The molecule has 2 aromatic carbocycles. The number of nitrogens with zero attached hydrogens (tertiary/aromatic N) is 3. The standard InChI is InChI=1S/C19H16N4O2S/c1-25-16-9-5-6-10-17(16)26-13-18(24)22-19-14(11-20)12-21-23(19)15-7-3-2-4-8-15/h2-10,12H,13H2,1H3,(H,22,24). The van der Waals surface area contributed by atoms with Crippen LogP contribution in [-0.2, 0) is 4.79 Å². The second-order valence-electron chi connectivity index (χ2n) is 5.25. The van der Waals surface area contributed by atoms with Gasteiger partial charge in [-0.15, -0.1) is 11.8 Å². The molecule has 130 valence electrons. The van der Waals surface area contributed by atoms with Gasteiger partial charge in [0.05, 0.1) is 24.7 Å². The van der Waals surface area contributed by atoms with Gasteiger partial charge < -0.3 is 10.1 Å². The number of hydrogen-bond donors (Lipinski definition) is 1. The van der Waals surface area contributed by atoms with E-state index in [9.17, 15) is 10.1 Å². The van der Waals surface area contributed by atoms with Crippen LogP contribution in [0.15, 0.2) is 65.7 Å². The maximum absolute atomic E-state index is 12.4. The van der Waals surface area contributed by atoms with E-state index in [1.54, 1.807) is 11.8 Å². The van der Waals surface area contributed by atoms with E-state index < -0.39 is 0 Å². The minimum Gasteiger partial charge on any atom is -0.496 e. The van der Waals surface area contributed by atoms with E-state index >= 15 is 0 Å². The third-order valence-electron chi connectivity index (χ3n) is 3.58. The van der Waals surface area contributed by atoms with Gasteiger partial charge in [0, 0.05) is 4.90 Å². The molecule has 0 spiro atoms. The number of nitriles is 1. The summed E-state index contributed by atoms with van der Waals surface area (Å²) < 4.78 is 6.83. The number of ether oxygens (including phenoxy) is 1. The Bertz CT molecular complexity index is 948. The Balaban J connectivity index is 1.75. The summed E-state index contributed by atoms with van der Waals surface area (Å²) in [5, 5.41) is 16.3. The highest BCUT2D eigenvalue weighted by Crippen LogP contribution is 2.29. The van der Waals surface area contributed by atoms with Crippen LogP contribution in [0.25, 0.3) is 5.69 Å². The Labute approximate surface area is 155 Å². The molecule has 0 aliphatic rings. The second kappa shape index (κ2) is 8.23. The van der Waals surface area contributed by atoms with Crippen molar-refractivity contribution in [3.05, 3.63) is 66.4 Å². The number of rotatable bonds is 6. The fraction of sp³-hybridized carbons (Fsp3) is 0.105. The van der Waals surface area contributed by atoms with E-state index in [4.69, 9.17) is 4.74 Å². The van der Waals surface area contributed by atoms with Crippen molar-refractivity contribution in [2.24, 2.45) is 0 Å². The number of hydrogen-bond acceptors (Lipinski definition) is 5. The van der Waals surface area contributed by atoms with E-state index in [1.165, 1.54) is 18.0 Å². The van der Waals surface area contributed by atoms with Gasteiger partial charge in [-0.05, 0) is 24.3 Å². The molecule has 1 amide bonds. The molecule has 26 heavy (non-hydrogen) atoms. The summed E-state index contributed by atoms with van der Waals surface area (Å²) in [6, 6.07) is 18.9. The number of thioether (sulfide) groups is 1. The van der Waals surface area contributed by atoms with Crippen molar-refractivity contribution >= 4 is 23.5 Å². The van der Waals surface area contributed by atoms with Crippen LogP contribution in [0.5, 0.6) is 5.75 Å². The predicted octanol–water partition coefficient (Wildman–Crippen LogP) is 3.48. The largest absolute Gasteiger partial charge is 0.496 e. The summed E-state index contributed by atoms with van der Waals surface area (Å²) in [7, 11) is 1.59. The van der Waals surface area contributed by atoms with Crippen LogP contribution >= 0.6 is 11.8 Å². The highest BCUT2D eigenvalue weighted by Gasteiger charge is 2.15. The van der Waals surface area contributed by atoms with Gasteiger partial charge in [-0.1, -0.05) is 30.3 Å². The number of para-hydroxylation sites is 2. The van der Waals surface area contributed by atoms with Crippen molar-refractivity contribution < 1.29 is 9.53 Å². The minimum atomic E-state index is -0.227. The fourth-order valence-corrected chi connectivity index (χ4v) is 3.19. The second-order valence-corrected chi connectivity index (χ2v) is 6.27. The molecule has 3 rings (SSSR count). The Morgan fingerprint density at radius 3 is 2.69 bits per heavy atom. The molecular weight excluding hydrogens is 348 g/mol. The molecular formula is C19H16N4O2S. The number of carbonyl (C=O) groups excluding carboxylic acids is 1. The molecule has 0 radical (unpaired) electrons. The Hall–Kier alpha value is -3.24. The lowest BCUT2D eigenvalue weighted by atomic mass is 10.3. The summed E-state index contributed by atoms with van der Waals surface area (Å²) in [5.74, 6) is 1.04. The third kappa shape index (κ3) is 3.87. The normalized spacial score (nSPS) is 10.2. The number of benzene rings is 2. The maximum atomic E-state index is 12.4. The number of nitrogens with one attached hydrogen (secondary N) is 1. The summed E-state index contributed by atoms with van der Waals surface area (Å²) in [6.07, 6.45) is 1.44. The molecule has 6 nitrogen and oxygen atoms in total. The van der Waals surface area contributed by atoms with Gasteiger partial charge in [-0.2, -0.15) is 10.4 Å². The third-order valence-corrected chi connectivity index (χ3v) is 4.63. The average Bonchev–Trinajstić information content (AvgIpc) is 3.09. The summed E-state index contributed by atoms with van der Waals surface area (Å²) in [5.41, 5.74) is 1.08. The molecule has 3 aromatic rings. The number of carbonyl (C=O) groups is 1. The first-order valence-electron chi connectivity index (χ1n) is 7.82. The van der Waals surface area contributed by atoms with Gasteiger partial charge >= 0.3 is 0 Å². The molecule has 0 atom stereocenters. The lowest BCUT2D eigenvalue weighted by molar-refractivity contribution is -0.113. The van der Waals surface area contributed by atoms with Crippen molar-refractivity contribution in [3.63, 3.8) is 0 Å². The Kier molecular flexibility index (Phi) is 5.56. The van der Waals surface area contributed by atoms with Crippen LogP contribution in [0, 0.1) is 11.3 Å². The smallest absolute Gasteiger partial charge is 0.235 e. The average molecular weight is 364 g/mol. The van der Waals surface area contributed by atoms with Crippen LogP contribution in [0.3, 0.4) is 0 Å². The molecule has 7 heteroatoms. The monoisotopic (exact) mass is 364 g/mol. The summed E-state index contributed by atoms with van der Waals surface area (Å²) in [4.78, 5) is 13.3. The fourth-order valence-electron chi connectivity index (χ4n) is 2.36. The first kappa shape index (κ1) is 17.6. The highest BCUT2D eigenvalue weighted by molar-refractivity contribution is 8.00. The first-order chi connectivity index (χ1) is 12.7. The molecule has 0 fully saturated rings. The zero-order valence-electron chi connectivity index (χ0n) is 14.0. The number of amides is 1. The zero-order chi connectivity index (χ0) is 18.4. The van der Waals surface area contributed by atoms with E-state index in [-0.39, 0.29) is 11.7 Å². The van der Waals surface area contributed by atoms with Gasteiger partial charge in [0.1, 0.15) is 17.4 Å². The lowest BCUT2D eigenvalue weighted by Crippen LogP contribution is -2.17. The maximum Gasteiger partial charge on any atom is 0.235 e. The van der Waals surface area contributed by atoms with Crippen LogP contribution in [0.1, 0.15) is 5.56 Å². The zero-order valence-corrected chi connectivity index (χ0v) is 14.9. The molecule has 0 aliphatic carbocycles. The summed E-state index contributed by atoms with van der Waals surface area (Å²) in [6.45, 7) is 0. The Morgan fingerprint density at radius 1 is 1.23 bits per heavy atom. The molecule has 1 aromatic heterocycles. The molecule has 0 saturated heterocycles. The number of aromatic nitrogens is 2. The van der Waals surface area contributed by atoms with Crippen molar-refractivity contribution in [3.8, 4) is 17.5 Å². The van der Waals surface area contributed by atoms with Crippen LogP contribution in [0.2, 0.25) is 0 Å². The predicted molar refractivity (Wildman–Crippen MR) is 101 cm³/mol. The molecule has 0 unspecified atom stereocenters. The van der Waals surface area contributed by atoms with Gasteiger partial charge in [-0.25, -0.2) is 4.68 Å². The Morgan fingerprint density at radius 2 is 1.96 bits per heavy atom. The molecule has 0 saturated carbocycles. The molecule has 1 N–H and O–H groups in total. The van der Waals surface area contributed by atoms with Gasteiger partial charge in [-0.3, -0.25) is 4.79 Å². The quantitative estimate of drug-likeness (QED) is 0.677. The van der Waals surface area contributed by atoms with E-state index in [2.05, 4.69) is 16.5 Å². The van der Waals surface area contributed by atoms with Gasteiger partial charge in [0.15, 0.2) is 5.82 Å². The lowest BCUT2D eigenvalue weighted by Gasteiger charge is -2.10. The summed E-state index contributed by atoms with van der Waals surface area (Å²) >= 11 is 1.37. The topological polar surface area (TPSA) is 79.9 Å². The highest BCUT2D eigenvalue weighted by atomic mass is 32.2. The van der Waals surface area contributed by atoms with E-state index in [0.29, 0.717) is 11.4 Å². The van der Waals surface area contributed by atoms with Gasteiger partial charge in [0.25, 0.3) is 0 Å². The van der Waals surface area contributed by atoms with Crippen molar-refractivity contribution in [2.45, 2.75) is 4.90 Å². The van der Waals surface area contributed by atoms with Gasteiger partial charge in [0.2, 0.25) is 5.91 Å². The van der Waals surface area contributed by atoms with Crippen molar-refractivity contribution in [2.75, 3.05) is 18.2 Å². The molecule has 1 heterocycles. The molecule has 0 aliphatic heterocycles. The van der Waals surface area contributed by atoms with Crippen LogP contribution in [-0.4, -0.2) is 28.6 Å². The molecule has 0 bridgehead atoms. The van der Waals surface area contributed by atoms with E-state index in [1.807, 2.05) is 54.6 Å². The van der Waals surface area contributed by atoms with Crippen LogP contribution < -0.4 is 10.1 Å². The van der Waals surface area contributed by atoms with Crippen LogP contribution in [0.4, 0.5) is 5.82 Å². The SMILES string of the molecule is COc1ccccc1SCC(=O)Nc1c(C#N)cnn1-c1ccccc1. The number of anilines is 1. The van der Waals surface area contributed by atoms with Crippen molar-refractivity contribution in [1.82, 2.24) is 9.78 Å².